The van der Waals surface area contributed by atoms with Crippen molar-refractivity contribution in [2.75, 3.05) is 6.54 Å². The van der Waals surface area contributed by atoms with E-state index in [4.69, 9.17) is 0 Å². The molecule has 1 aromatic carbocycles. The zero-order valence-electron chi connectivity index (χ0n) is 18.0. The van der Waals surface area contributed by atoms with Crippen LogP contribution in [-0.2, 0) is 12.7 Å². The van der Waals surface area contributed by atoms with Gasteiger partial charge < -0.3 is 15.5 Å². The van der Waals surface area contributed by atoms with Gasteiger partial charge in [-0.15, -0.1) is 0 Å². The maximum Gasteiger partial charge on any atom is 0.416 e. The van der Waals surface area contributed by atoms with E-state index in [0.29, 0.717) is 17.5 Å². The number of aliphatic hydroxyl groups is 2. The summed E-state index contributed by atoms with van der Waals surface area (Å²) in [6.07, 6.45) is -2.84. The Hall–Kier alpha value is -2.82. The standard InChI is InChI=1S/C23H25F3N4O3.CH4/c1-13-8-17(14-4-2-5-15(9-14)23(24,25)26)29-21-20(13)28-12-30(22(21)33)11-16(31)10-18-19(32)6-3-7-27-18;/h2,4-5,8-9,12,16,18-19,27,31-32H,3,6-7,10-11H2,1H3;1H4/t16-,18+,19-;/m0./s1. The molecule has 184 valence electrons. The second kappa shape index (κ2) is 10.2. The molecule has 0 unspecified atom stereocenters. The molecule has 1 aliphatic rings. The number of hydrogen-bond acceptors (Lipinski definition) is 6. The minimum Gasteiger partial charge on any atom is -0.392 e. The minimum atomic E-state index is -4.49. The lowest BCUT2D eigenvalue weighted by Gasteiger charge is -2.30. The summed E-state index contributed by atoms with van der Waals surface area (Å²) in [6.45, 7) is 2.43. The molecule has 34 heavy (non-hydrogen) atoms. The molecule has 3 atom stereocenters. The van der Waals surface area contributed by atoms with Crippen LogP contribution in [0.15, 0.2) is 41.5 Å². The first-order valence-corrected chi connectivity index (χ1v) is 10.8. The number of pyridine rings is 1. The number of aryl methyl sites for hydroxylation is 1. The number of halogens is 3. The molecule has 0 radical (unpaired) electrons. The topological polar surface area (TPSA) is 100 Å². The van der Waals surface area contributed by atoms with E-state index >= 15 is 0 Å². The first kappa shape index (κ1) is 25.8. The van der Waals surface area contributed by atoms with Crippen LogP contribution in [0.25, 0.3) is 22.3 Å². The van der Waals surface area contributed by atoms with Crippen molar-refractivity contribution in [3.63, 3.8) is 0 Å². The van der Waals surface area contributed by atoms with Gasteiger partial charge in [0, 0.05) is 11.6 Å². The quantitative estimate of drug-likeness (QED) is 0.521. The van der Waals surface area contributed by atoms with Gasteiger partial charge in [0.15, 0.2) is 5.52 Å². The number of fused-ring (bicyclic) bond motifs is 1. The Morgan fingerprint density at radius 1 is 1.26 bits per heavy atom. The number of rotatable bonds is 5. The Morgan fingerprint density at radius 3 is 2.74 bits per heavy atom. The van der Waals surface area contributed by atoms with E-state index in [1.807, 2.05) is 0 Å². The zero-order chi connectivity index (χ0) is 23.8. The molecule has 0 amide bonds. The highest BCUT2D eigenvalue weighted by Gasteiger charge is 2.30. The van der Waals surface area contributed by atoms with Crippen LogP contribution in [0.5, 0.6) is 0 Å². The Labute approximate surface area is 195 Å². The number of nitrogens with one attached hydrogen (secondary N) is 1. The second-order valence-corrected chi connectivity index (χ2v) is 8.46. The van der Waals surface area contributed by atoms with Gasteiger partial charge in [0.2, 0.25) is 0 Å². The van der Waals surface area contributed by atoms with Gasteiger partial charge in [-0.25, -0.2) is 9.97 Å². The van der Waals surface area contributed by atoms with Crippen molar-refractivity contribution >= 4 is 11.0 Å². The van der Waals surface area contributed by atoms with Gasteiger partial charge in [-0.2, -0.15) is 13.2 Å². The summed E-state index contributed by atoms with van der Waals surface area (Å²) in [5.41, 5.74) is 0.156. The summed E-state index contributed by atoms with van der Waals surface area (Å²) in [7, 11) is 0. The Bertz CT molecular complexity index is 1210. The Morgan fingerprint density at radius 2 is 2.03 bits per heavy atom. The first-order valence-electron chi connectivity index (χ1n) is 10.8. The molecule has 3 aromatic rings. The minimum absolute atomic E-state index is 0. The lowest BCUT2D eigenvalue weighted by atomic mass is 9.96. The summed E-state index contributed by atoms with van der Waals surface area (Å²) in [5, 5.41) is 23.8. The van der Waals surface area contributed by atoms with Crippen LogP contribution in [-0.4, -0.2) is 49.5 Å². The summed E-state index contributed by atoms with van der Waals surface area (Å²) < 4.78 is 40.6. The molecule has 3 heterocycles. The van der Waals surface area contributed by atoms with E-state index < -0.39 is 29.5 Å². The summed E-state index contributed by atoms with van der Waals surface area (Å²) >= 11 is 0. The van der Waals surface area contributed by atoms with Gasteiger partial charge in [0.25, 0.3) is 5.56 Å². The Kier molecular flexibility index (Phi) is 7.74. The second-order valence-electron chi connectivity index (χ2n) is 8.46. The molecule has 1 aliphatic heterocycles. The van der Waals surface area contributed by atoms with E-state index in [1.54, 1.807) is 13.0 Å². The fourth-order valence-electron chi connectivity index (χ4n) is 4.20. The van der Waals surface area contributed by atoms with Crippen LogP contribution in [0.4, 0.5) is 13.2 Å². The van der Waals surface area contributed by atoms with Gasteiger partial charge in [-0.1, -0.05) is 19.6 Å². The molecule has 10 heteroatoms. The van der Waals surface area contributed by atoms with Gasteiger partial charge in [-0.3, -0.25) is 9.36 Å². The van der Waals surface area contributed by atoms with Crippen molar-refractivity contribution in [3.8, 4) is 11.3 Å². The summed E-state index contributed by atoms with van der Waals surface area (Å²) in [4.78, 5) is 21.7. The number of benzene rings is 1. The summed E-state index contributed by atoms with van der Waals surface area (Å²) in [5.74, 6) is 0. The number of aromatic nitrogens is 3. The van der Waals surface area contributed by atoms with E-state index in [1.165, 1.54) is 23.0 Å². The van der Waals surface area contributed by atoms with E-state index in [9.17, 15) is 28.2 Å². The molecule has 3 N–H and O–H groups in total. The zero-order valence-corrected chi connectivity index (χ0v) is 18.0. The highest BCUT2D eigenvalue weighted by atomic mass is 19.4. The maximum absolute atomic E-state index is 13.1. The lowest BCUT2D eigenvalue weighted by molar-refractivity contribution is -0.137. The van der Waals surface area contributed by atoms with Crippen LogP contribution in [0.3, 0.4) is 0 Å². The fourth-order valence-corrected chi connectivity index (χ4v) is 4.20. The molecule has 4 rings (SSSR count). The third-order valence-electron chi connectivity index (χ3n) is 5.94. The van der Waals surface area contributed by atoms with Crippen molar-refractivity contribution in [2.45, 2.75) is 64.6 Å². The van der Waals surface area contributed by atoms with Gasteiger partial charge in [0.05, 0.1) is 41.9 Å². The highest BCUT2D eigenvalue weighted by Crippen LogP contribution is 2.32. The van der Waals surface area contributed by atoms with E-state index in [-0.39, 0.29) is 43.2 Å². The van der Waals surface area contributed by atoms with Gasteiger partial charge in [0.1, 0.15) is 0 Å². The van der Waals surface area contributed by atoms with Crippen LogP contribution in [0.1, 0.15) is 37.8 Å². The normalized spacial score (nSPS) is 19.6. The van der Waals surface area contributed by atoms with Crippen molar-refractivity contribution < 1.29 is 23.4 Å². The number of alkyl halides is 3. The van der Waals surface area contributed by atoms with Crippen LogP contribution < -0.4 is 10.9 Å². The van der Waals surface area contributed by atoms with Crippen LogP contribution in [0.2, 0.25) is 0 Å². The number of nitrogens with zero attached hydrogens (tertiary/aromatic N) is 3. The molecular weight excluding hydrogens is 449 g/mol. The predicted octanol–water partition coefficient (Wildman–Crippen LogP) is 3.29. The SMILES string of the molecule is C.Cc1cc(-c2cccc(C(F)(F)F)c2)nc2c(=O)n(C[C@@H](O)C[C@H]3NCCC[C@@H]3O)cnc12. The summed E-state index contributed by atoms with van der Waals surface area (Å²) in [6, 6.07) is 6.11. The average Bonchev–Trinajstić information content (AvgIpc) is 2.77. The third kappa shape index (κ3) is 5.45. The van der Waals surface area contributed by atoms with E-state index in [0.717, 1.165) is 25.1 Å². The molecule has 0 bridgehead atoms. The van der Waals surface area contributed by atoms with Crippen molar-refractivity contribution in [1.29, 1.82) is 0 Å². The molecule has 2 aromatic heterocycles. The van der Waals surface area contributed by atoms with E-state index in [2.05, 4.69) is 15.3 Å². The highest BCUT2D eigenvalue weighted by molar-refractivity contribution is 5.80. The Balaban J connectivity index is 0.00000324. The fraction of sp³-hybridized carbons (Fsp3) is 0.458. The largest absolute Gasteiger partial charge is 0.416 e. The van der Waals surface area contributed by atoms with Crippen LogP contribution in [0, 0.1) is 6.92 Å². The van der Waals surface area contributed by atoms with Crippen molar-refractivity contribution in [3.05, 3.63) is 58.1 Å². The molecule has 0 spiro atoms. The number of hydrogen-bond donors (Lipinski definition) is 3. The first-order chi connectivity index (χ1) is 15.6. The van der Waals surface area contributed by atoms with Gasteiger partial charge in [-0.05, 0) is 56.5 Å². The smallest absolute Gasteiger partial charge is 0.392 e. The lowest BCUT2D eigenvalue weighted by Crippen LogP contribution is -2.47. The van der Waals surface area contributed by atoms with Gasteiger partial charge >= 0.3 is 6.18 Å². The molecular formula is C24H29F3N4O3. The predicted molar refractivity (Wildman–Crippen MR) is 123 cm³/mol. The molecule has 1 saturated heterocycles. The molecule has 0 aliphatic carbocycles. The van der Waals surface area contributed by atoms with Crippen molar-refractivity contribution in [1.82, 2.24) is 19.9 Å². The molecule has 7 nitrogen and oxygen atoms in total. The molecule has 0 saturated carbocycles. The average molecular weight is 479 g/mol. The number of aliphatic hydroxyl groups excluding tert-OH is 2. The van der Waals surface area contributed by atoms with Crippen molar-refractivity contribution in [2.24, 2.45) is 0 Å². The third-order valence-corrected chi connectivity index (χ3v) is 5.94. The maximum atomic E-state index is 13.1. The molecule has 1 fully saturated rings. The number of piperidine rings is 1. The monoisotopic (exact) mass is 478 g/mol. The van der Waals surface area contributed by atoms with Crippen LogP contribution >= 0.6 is 0 Å².